The zero-order valence-corrected chi connectivity index (χ0v) is 5.94. The van der Waals surface area contributed by atoms with Crippen LogP contribution in [-0.4, -0.2) is 11.8 Å². The summed E-state index contributed by atoms with van der Waals surface area (Å²) in [5, 5.41) is 8.15. The van der Waals surface area contributed by atoms with E-state index in [2.05, 4.69) is 0 Å². The van der Waals surface area contributed by atoms with Crippen molar-refractivity contribution in [1.29, 1.82) is 0 Å². The Morgan fingerprint density at radius 2 is 2.12 bits per heavy atom. The van der Waals surface area contributed by atoms with E-state index < -0.39 is 0 Å². The number of quaternary nitrogens is 1. The number of hydroxylamine groups is 1. The van der Waals surface area contributed by atoms with Gasteiger partial charge in [0.25, 0.3) is 0 Å². The number of allylic oxidation sites excluding steroid dienone is 1. The van der Waals surface area contributed by atoms with Crippen molar-refractivity contribution in [3.05, 3.63) is 11.6 Å². The van der Waals surface area contributed by atoms with E-state index in [9.17, 15) is 0 Å². The zero-order valence-electron chi connectivity index (χ0n) is 5.19. The molecule has 0 saturated heterocycles. The van der Waals surface area contributed by atoms with Crippen LogP contribution in [-0.2, 0) is 0 Å². The molecular formula is C5H12ClNO. The number of rotatable bonds is 2. The second-order valence-corrected chi connectivity index (χ2v) is 1.70. The largest absolute Gasteiger partial charge is 1.00 e. The van der Waals surface area contributed by atoms with Gasteiger partial charge >= 0.3 is 0 Å². The van der Waals surface area contributed by atoms with E-state index in [-0.39, 0.29) is 12.4 Å². The van der Waals surface area contributed by atoms with Crippen LogP contribution in [0.4, 0.5) is 0 Å². The first kappa shape index (κ1) is 10.8. The number of hydrogen-bond acceptors (Lipinski definition) is 1. The molecule has 2 nitrogen and oxygen atoms in total. The molecule has 0 atom stereocenters. The van der Waals surface area contributed by atoms with Crippen molar-refractivity contribution >= 4 is 0 Å². The summed E-state index contributed by atoms with van der Waals surface area (Å²) in [6, 6.07) is 0. The Kier molecular flexibility index (Phi) is 9.42. The SMILES string of the molecule is CC(C)=CC[NH2+]O.[Cl-]. The molecule has 0 aliphatic carbocycles. The van der Waals surface area contributed by atoms with Gasteiger partial charge in [0.1, 0.15) is 6.54 Å². The summed E-state index contributed by atoms with van der Waals surface area (Å²) in [7, 11) is 0. The standard InChI is InChI=1S/C5H11NO.ClH/c1-5(2)3-4-6-7;/h3,6-7H,4H2,1-2H3;1H. The molecule has 3 heteroatoms. The average Bonchev–Trinajstić information content (AvgIpc) is 1.61. The maximum Gasteiger partial charge on any atom is 0.124 e. The van der Waals surface area contributed by atoms with Gasteiger partial charge in [-0.1, -0.05) is 5.57 Å². The molecular weight excluding hydrogens is 126 g/mol. The molecule has 0 rings (SSSR count). The van der Waals surface area contributed by atoms with Crippen LogP contribution in [0.3, 0.4) is 0 Å². The first-order chi connectivity index (χ1) is 3.27. The Morgan fingerprint density at radius 3 is 2.25 bits per heavy atom. The molecule has 0 aliphatic rings. The van der Waals surface area contributed by atoms with E-state index in [1.807, 2.05) is 19.9 Å². The molecule has 0 saturated carbocycles. The normalized spacial score (nSPS) is 7.38. The second kappa shape index (κ2) is 6.95. The summed E-state index contributed by atoms with van der Waals surface area (Å²) in [6.07, 6.45) is 1.96. The van der Waals surface area contributed by atoms with Crippen LogP contribution in [0.15, 0.2) is 11.6 Å². The fourth-order valence-corrected chi connectivity index (χ4v) is 0.288. The van der Waals surface area contributed by atoms with Gasteiger partial charge < -0.3 is 12.4 Å². The van der Waals surface area contributed by atoms with Crippen LogP contribution >= 0.6 is 0 Å². The molecule has 0 aromatic heterocycles. The lowest BCUT2D eigenvalue weighted by Crippen LogP contribution is -3.00. The summed E-state index contributed by atoms with van der Waals surface area (Å²) in [5.41, 5.74) is 2.39. The van der Waals surface area contributed by atoms with E-state index in [0.717, 1.165) is 5.48 Å². The Balaban J connectivity index is 0. The molecule has 0 amide bonds. The van der Waals surface area contributed by atoms with E-state index in [0.29, 0.717) is 6.54 Å². The van der Waals surface area contributed by atoms with Gasteiger partial charge in [-0.05, 0) is 19.9 Å². The Labute approximate surface area is 56.0 Å². The molecule has 50 valence electrons. The molecule has 0 radical (unpaired) electrons. The van der Waals surface area contributed by atoms with Gasteiger partial charge in [-0.25, -0.2) is 10.7 Å². The number of hydrogen-bond donors (Lipinski definition) is 2. The lowest BCUT2D eigenvalue weighted by molar-refractivity contribution is -0.881. The van der Waals surface area contributed by atoms with Gasteiger partial charge in [0.05, 0.1) is 0 Å². The fourth-order valence-electron chi connectivity index (χ4n) is 0.288. The van der Waals surface area contributed by atoms with Crippen molar-refractivity contribution in [1.82, 2.24) is 0 Å². The minimum Gasteiger partial charge on any atom is -1.00 e. The molecule has 0 fully saturated rings. The quantitative estimate of drug-likeness (QED) is 0.307. The summed E-state index contributed by atoms with van der Waals surface area (Å²) >= 11 is 0. The van der Waals surface area contributed by atoms with Crippen LogP contribution in [0.1, 0.15) is 13.8 Å². The second-order valence-electron chi connectivity index (χ2n) is 1.70. The van der Waals surface area contributed by atoms with Gasteiger partial charge in [0.15, 0.2) is 0 Å². The minimum absolute atomic E-state index is 0. The van der Waals surface area contributed by atoms with Crippen LogP contribution in [0.25, 0.3) is 0 Å². The van der Waals surface area contributed by atoms with Gasteiger partial charge in [0, 0.05) is 0 Å². The van der Waals surface area contributed by atoms with Crippen molar-refractivity contribution < 1.29 is 23.1 Å². The lowest BCUT2D eigenvalue weighted by atomic mass is 10.3. The van der Waals surface area contributed by atoms with Crippen molar-refractivity contribution in [2.45, 2.75) is 13.8 Å². The van der Waals surface area contributed by atoms with Crippen molar-refractivity contribution in [3.63, 3.8) is 0 Å². The number of halogens is 1. The highest BCUT2D eigenvalue weighted by Gasteiger charge is 1.75. The molecule has 0 bridgehead atoms. The van der Waals surface area contributed by atoms with E-state index >= 15 is 0 Å². The Hall–Kier alpha value is -0.0500. The molecule has 8 heavy (non-hydrogen) atoms. The van der Waals surface area contributed by atoms with Crippen LogP contribution in [0, 0.1) is 0 Å². The molecule has 0 aromatic carbocycles. The molecule has 0 unspecified atom stereocenters. The minimum atomic E-state index is 0. The Bertz CT molecular complexity index is 68.8. The summed E-state index contributed by atoms with van der Waals surface area (Å²) in [4.78, 5) is 0. The summed E-state index contributed by atoms with van der Waals surface area (Å²) in [6.45, 7) is 4.68. The highest BCUT2D eigenvalue weighted by atomic mass is 35.5. The first-order valence-electron chi connectivity index (χ1n) is 2.36. The van der Waals surface area contributed by atoms with Gasteiger partial charge in [-0.15, -0.1) is 0 Å². The van der Waals surface area contributed by atoms with Crippen molar-refractivity contribution in [2.24, 2.45) is 0 Å². The monoisotopic (exact) mass is 137 g/mol. The Morgan fingerprint density at radius 1 is 1.62 bits per heavy atom. The van der Waals surface area contributed by atoms with Crippen molar-refractivity contribution in [2.75, 3.05) is 6.54 Å². The van der Waals surface area contributed by atoms with E-state index in [4.69, 9.17) is 5.21 Å². The average molecular weight is 138 g/mol. The predicted molar refractivity (Wildman–Crippen MR) is 28.0 cm³/mol. The summed E-state index contributed by atoms with van der Waals surface area (Å²) in [5.74, 6) is 0. The van der Waals surface area contributed by atoms with Crippen LogP contribution < -0.4 is 17.9 Å². The smallest absolute Gasteiger partial charge is 0.124 e. The van der Waals surface area contributed by atoms with Gasteiger partial charge in [-0.3, -0.25) is 0 Å². The molecule has 3 N–H and O–H groups in total. The highest BCUT2D eigenvalue weighted by molar-refractivity contribution is 4.91. The zero-order chi connectivity index (χ0) is 5.70. The molecule has 0 aromatic rings. The van der Waals surface area contributed by atoms with E-state index in [1.165, 1.54) is 5.57 Å². The van der Waals surface area contributed by atoms with Crippen LogP contribution in [0.2, 0.25) is 0 Å². The fraction of sp³-hybridized carbons (Fsp3) is 0.600. The molecule has 0 heterocycles. The van der Waals surface area contributed by atoms with Crippen molar-refractivity contribution in [3.8, 4) is 0 Å². The third-order valence-corrected chi connectivity index (χ3v) is 0.632. The van der Waals surface area contributed by atoms with E-state index in [1.54, 1.807) is 0 Å². The summed E-state index contributed by atoms with van der Waals surface area (Å²) < 4.78 is 0. The van der Waals surface area contributed by atoms with Crippen LogP contribution in [0.5, 0.6) is 0 Å². The lowest BCUT2D eigenvalue weighted by Gasteiger charge is -1.83. The third kappa shape index (κ3) is 9.34. The highest BCUT2D eigenvalue weighted by Crippen LogP contribution is 1.82. The van der Waals surface area contributed by atoms with Gasteiger partial charge in [-0.2, -0.15) is 0 Å². The molecule has 0 spiro atoms. The topological polar surface area (TPSA) is 36.8 Å². The molecule has 0 aliphatic heterocycles. The maximum atomic E-state index is 8.15. The first-order valence-corrected chi connectivity index (χ1v) is 2.36. The van der Waals surface area contributed by atoms with Gasteiger partial charge in [0.2, 0.25) is 0 Å². The number of nitrogens with two attached hydrogens (primary N) is 1. The maximum absolute atomic E-state index is 8.15. The third-order valence-electron chi connectivity index (χ3n) is 0.632. The predicted octanol–water partition coefficient (Wildman–Crippen LogP) is -3.09.